The first kappa shape index (κ1) is 23.3. The molecule has 0 aliphatic carbocycles. The number of methoxy groups -OCH3 is 1. The highest BCUT2D eigenvalue weighted by Crippen LogP contribution is 2.30. The second-order valence-electron chi connectivity index (χ2n) is 6.63. The summed E-state index contributed by atoms with van der Waals surface area (Å²) < 4.78 is 64.1. The molecule has 0 spiro atoms. The molecule has 32 heavy (non-hydrogen) atoms. The number of hydrogen-bond acceptors (Lipinski definition) is 6. The second-order valence-corrected chi connectivity index (χ2v) is 7.07. The molecular formula is C20H17F4N3O4S. The summed E-state index contributed by atoms with van der Waals surface area (Å²) in [7, 11) is 1.32. The highest BCUT2D eigenvalue weighted by atomic mass is 32.1. The molecule has 1 amide bonds. The first-order valence-electron chi connectivity index (χ1n) is 9.18. The van der Waals surface area contributed by atoms with Gasteiger partial charge >= 0.3 is 6.09 Å². The molecule has 2 aromatic carbocycles. The van der Waals surface area contributed by atoms with Gasteiger partial charge in [-0.2, -0.15) is 0 Å². The number of carbonyl (C=O) groups excluding carboxylic acids is 1. The average Bonchev–Trinajstić information content (AvgIpc) is 3.02. The Morgan fingerprint density at radius 3 is 2.50 bits per heavy atom. The third-order valence-corrected chi connectivity index (χ3v) is 4.80. The number of benzene rings is 1. The maximum atomic E-state index is 14.7. The Morgan fingerprint density at radius 1 is 1.22 bits per heavy atom. The van der Waals surface area contributed by atoms with Crippen molar-refractivity contribution < 1.29 is 31.8 Å². The van der Waals surface area contributed by atoms with Crippen LogP contribution in [0.1, 0.15) is 0 Å². The minimum Gasteiger partial charge on any atom is -0.493 e. The minimum absolute atomic E-state index is 0.0558. The Kier molecular flexibility index (Phi) is 7.13. The number of carbonyl (C=O) groups is 1. The average molecular weight is 471 g/mol. The molecule has 2 aromatic rings. The molecule has 0 radical (unpaired) electrons. The lowest BCUT2D eigenvalue weighted by atomic mass is 10.2. The van der Waals surface area contributed by atoms with Gasteiger partial charge in [0, 0.05) is 17.8 Å². The largest absolute Gasteiger partial charge is 0.493 e. The summed E-state index contributed by atoms with van der Waals surface area (Å²) in [5.41, 5.74) is -0.809. The van der Waals surface area contributed by atoms with E-state index in [9.17, 15) is 27.2 Å². The molecule has 0 unspecified atom stereocenters. The van der Waals surface area contributed by atoms with Crippen LogP contribution in [0.2, 0.25) is 0 Å². The number of amides is 1. The number of thiocarbonyl (C=S) groups is 1. The van der Waals surface area contributed by atoms with Gasteiger partial charge in [0.05, 0.1) is 25.9 Å². The highest BCUT2D eigenvalue weighted by molar-refractivity contribution is 7.80. The zero-order valence-electron chi connectivity index (χ0n) is 16.5. The molecule has 0 saturated carbocycles. The smallest absolute Gasteiger partial charge is 0.414 e. The fourth-order valence-electron chi connectivity index (χ4n) is 2.91. The first-order chi connectivity index (χ1) is 15.2. The Bertz CT molecular complexity index is 1080. The van der Waals surface area contributed by atoms with Gasteiger partial charge < -0.3 is 20.1 Å². The molecule has 12 heteroatoms. The number of nitrogens with one attached hydrogen (secondary N) is 2. The van der Waals surface area contributed by atoms with E-state index in [1.54, 1.807) is 0 Å². The van der Waals surface area contributed by atoms with Crippen LogP contribution in [-0.2, 0) is 4.74 Å². The van der Waals surface area contributed by atoms with E-state index >= 15 is 0 Å². The SMILES string of the molecule is COc1ccc(Nc2c(F)cc(N3C[C@H](CNC(=S)C(F)F)OC3=O)cc2F)ccc1=O. The standard InChI is InChI=1S/C20H17F4N3O4S/c1-30-16-5-3-10(2-4-15(16)28)26-17-13(21)6-11(7-14(17)22)27-9-12(31-20(27)29)8-25-19(32)18(23)24/h2-7,12,18,26H,8-9H2,1H3,(H,25,32)/t12-/m0/s1. The Labute approximate surface area is 184 Å². The van der Waals surface area contributed by atoms with Gasteiger partial charge in [-0.1, -0.05) is 12.2 Å². The van der Waals surface area contributed by atoms with Crippen molar-refractivity contribution in [1.82, 2.24) is 5.32 Å². The predicted molar refractivity (Wildman–Crippen MR) is 113 cm³/mol. The predicted octanol–water partition coefficient (Wildman–Crippen LogP) is 3.58. The van der Waals surface area contributed by atoms with Gasteiger partial charge in [-0.05, 0) is 24.3 Å². The maximum absolute atomic E-state index is 14.7. The quantitative estimate of drug-likeness (QED) is 0.472. The van der Waals surface area contributed by atoms with Crippen LogP contribution in [0, 0.1) is 11.6 Å². The number of halogens is 4. The van der Waals surface area contributed by atoms with Crippen LogP contribution in [0.3, 0.4) is 0 Å². The van der Waals surface area contributed by atoms with Gasteiger partial charge in [0.1, 0.15) is 16.8 Å². The zero-order chi connectivity index (χ0) is 23.4. The number of hydrogen-bond donors (Lipinski definition) is 2. The molecule has 0 aromatic heterocycles. The lowest BCUT2D eigenvalue weighted by Crippen LogP contribution is -2.36. The van der Waals surface area contributed by atoms with Crippen LogP contribution < -0.4 is 25.7 Å². The second kappa shape index (κ2) is 9.81. The zero-order valence-corrected chi connectivity index (χ0v) is 17.3. The Morgan fingerprint density at radius 2 is 1.88 bits per heavy atom. The highest BCUT2D eigenvalue weighted by Gasteiger charge is 2.33. The van der Waals surface area contributed by atoms with E-state index in [0.29, 0.717) is 0 Å². The third kappa shape index (κ3) is 5.25. The van der Waals surface area contributed by atoms with Gasteiger partial charge in [0.2, 0.25) is 5.43 Å². The summed E-state index contributed by atoms with van der Waals surface area (Å²) >= 11 is 4.45. The van der Waals surface area contributed by atoms with Crippen molar-refractivity contribution in [2.45, 2.75) is 12.5 Å². The van der Waals surface area contributed by atoms with E-state index in [2.05, 4.69) is 22.9 Å². The Balaban J connectivity index is 1.76. The van der Waals surface area contributed by atoms with E-state index in [1.165, 1.54) is 31.4 Å². The molecule has 3 rings (SSSR count). The molecule has 1 atom stereocenters. The fourth-order valence-corrected chi connectivity index (χ4v) is 3.00. The van der Waals surface area contributed by atoms with Crippen molar-refractivity contribution in [1.29, 1.82) is 0 Å². The third-order valence-electron chi connectivity index (χ3n) is 4.48. The van der Waals surface area contributed by atoms with Gasteiger partial charge in [-0.3, -0.25) is 9.69 Å². The van der Waals surface area contributed by atoms with Crippen molar-refractivity contribution >= 4 is 40.4 Å². The summed E-state index contributed by atoms with van der Waals surface area (Å²) in [6, 6.07) is 7.12. The number of rotatable bonds is 7. The topological polar surface area (TPSA) is 79.9 Å². The van der Waals surface area contributed by atoms with Gasteiger partial charge in [0.15, 0.2) is 17.4 Å². The van der Waals surface area contributed by atoms with Crippen LogP contribution in [0.25, 0.3) is 0 Å². The molecule has 170 valence electrons. The monoisotopic (exact) mass is 471 g/mol. The van der Waals surface area contributed by atoms with Crippen LogP contribution in [0.15, 0.2) is 41.2 Å². The number of anilines is 3. The molecule has 2 N–H and O–H groups in total. The molecule has 1 aliphatic heterocycles. The van der Waals surface area contributed by atoms with Crippen molar-refractivity contribution in [3.8, 4) is 5.75 Å². The summed E-state index contributed by atoms with van der Waals surface area (Å²) in [5, 5.41) is 4.82. The van der Waals surface area contributed by atoms with E-state index in [-0.39, 0.29) is 30.2 Å². The molecule has 1 fully saturated rings. The van der Waals surface area contributed by atoms with Gasteiger partial charge in [0.25, 0.3) is 6.43 Å². The van der Waals surface area contributed by atoms with Crippen molar-refractivity contribution in [3.05, 3.63) is 58.3 Å². The molecule has 7 nitrogen and oxygen atoms in total. The molecule has 1 aliphatic rings. The summed E-state index contributed by atoms with van der Waals surface area (Å²) in [5.74, 6) is -1.96. The molecule has 1 heterocycles. The number of alkyl halides is 2. The lowest BCUT2D eigenvalue weighted by Gasteiger charge is -2.16. The number of nitrogens with zero attached hydrogens (tertiary/aromatic N) is 1. The van der Waals surface area contributed by atoms with Crippen LogP contribution >= 0.6 is 12.2 Å². The van der Waals surface area contributed by atoms with E-state index in [1.807, 2.05) is 0 Å². The lowest BCUT2D eigenvalue weighted by molar-refractivity contribution is 0.142. The van der Waals surface area contributed by atoms with Crippen LogP contribution in [0.4, 0.5) is 39.4 Å². The molecule has 1 saturated heterocycles. The maximum Gasteiger partial charge on any atom is 0.414 e. The summed E-state index contributed by atoms with van der Waals surface area (Å²) in [4.78, 5) is 24.1. The van der Waals surface area contributed by atoms with Crippen molar-refractivity contribution in [3.63, 3.8) is 0 Å². The van der Waals surface area contributed by atoms with Crippen molar-refractivity contribution in [2.24, 2.45) is 0 Å². The number of ether oxygens (including phenoxy) is 2. The Hall–Kier alpha value is -3.41. The van der Waals surface area contributed by atoms with E-state index in [0.717, 1.165) is 17.0 Å². The first-order valence-corrected chi connectivity index (χ1v) is 9.59. The van der Waals surface area contributed by atoms with Gasteiger partial charge in [-0.25, -0.2) is 22.4 Å². The van der Waals surface area contributed by atoms with Crippen molar-refractivity contribution in [2.75, 3.05) is 30.4 Å². The normalized spacial score (nSPS) is 15.5. The summed E-state index contributed by atoms with van der Waals surface area (Å²) in [6.07, 6.45) is -4.58. The van der Waals surface area contributed by atoms with E-state index in [4.69, 9.17) is 9.47 Å². The van der Waals surface area contributed by atoms with E-state index < -0.39 is 46.4 Å². The minimum atomic E-state index is -2.85. The van der Waals surface area contributed by atoms with Gasteiger partial charge in [-0.15, -0.1) is 0 Å². The number of cyclic esters (lactones) is 1. The molecule has 0 bridgehead atoms. The molecular weight excluding hydrogens is 454 g/mol. The van der Waals surface area contributed by atoms with Crippen LogP contribution in [0.5, 0.6) is 5.75 Å². The summed E-state index contributed by atoms with van der Waals surface area (Å²) in [6.45, 7) is -0.295. The van der Waals surface area contributed by atoms with Crippen LogP contribution in [-0.4, -0.2) is 43.8 Å². The fraction of sp³-hybridized carbons (Fsp3) is 0.250.